The summed E-state index contributed by atoms with van der Waals surface area (Å²) in [5.74, 6) is 1.12. The molecular formula is C42H46Cl2Zr. The van der Waals surface area contributed by atoms with E-state index in [1.807, 2.05) is 0 Å². The van der Waals surface area contributed by atoms with Gasteiger partial charge in [-0.05, 0) is 0 Å². The topological polar surface area (TPSA) is 0 Å². The van der Waals surface area contributed by atoms with Gasteiger partial charge in [-0.1, -0.05) is 0 Å². The molecule has 1 aliphatic heterocycles. The summed E-state index contributed by atoms with van der Waals surface area (Å²) in [6, 6.07) is 28.1. The maximum absolute atomic E-state index is 2.84. The molecule has 0 saturated carbocycles. The molecule has 3 heteroatoms. The number of benzene rings is 4. The molecule has 0 amide bonds. The predicted octanol–water partition coefficient (Wildman–Crippen LogP) is 6.15. The largest absolute Gasteiger partial charge is 1.00 e. The van der Waals surface area contributed by atoms with E-state index in [9.17, 15) is 0 Å². The summed E-state index contributed by atoms with van der Waals surface area (Å²) < 4.78 is 4.32. The van der Waals surface area contributed by atoms with Gasteiger partial charge in [0.2, 0.25) is 0 Å². The van der Waals surface area contributed by atoms with Gasteiger partial charge in [-0.15, -0.1) is 0 Å². The molecule has 2 aliphatic carbocycles. The summed E-state index contributed by atoms with van der Waals surface area (Å²) in [5, 5.41) is 0. The van der Waals surface area contributed by atoms with Gasteiger partial charge in [0.25, 0.3) is 0 Å². The monoisotopic (exact) mass is 710 g/mol. The summed E-state index contributed by atoms with van der Waals surface area (Å²) in [4.78, 5) is 0. The van der Waals surface area contributed by atoms with Crippen LogP contribution in [0.25, 0.3) is 34.4 Å². The molecule has 4 aromatic carbocycles. The molecule has 0 N–H and O–H groups in total. The van der Waals surface area contributed by atoms with E-state index in [-0.39, 0.29) is 24.8 Å². The maximum Gasteiger partial charge on any atom is -1.00 e. The van der Waals surface area contributed by atoms with Crippen molar-refractivity contribution >= 4 is 12.2 Å². The molecule has 1 saturated heterocycles. The zero-order valence-corrected chi connectivity index (χ0v) is 32.0. The second-order valence-electron chi connectivity index (χ2n) is 14.4. The zero-order chi connectivity index (χ0) is 30.2. The maximum atomic E-state index is 2.66. The Bertz CT molecular complexity index is 1670. The molecule has 1 heterocycles. The Morgan fingerprint density at radius 1 is 0.511 bits per heavy atom. The van der Waals surface area contributed by atoms with Crippen LogP contribution in [0.15, 0.2) is 83.9 Å². The fourth-order valence-corrected chi connectivity index (χ4v) is 27.1. The van der Waals surface area contributed by atoms with Crippen molar-refractivity contribution in [3.63, 3.8) is 0 Å². The third-order valence-corrected chi connectivity index (χ3v) is 23.7. The number of halogens is 2. The summed E-state index contributed by atoms with van der Waals surface area (Å²) in [6.45, 7) is 19.0. The predicted molar refractivity (Wildman–Crippen MR) is 183 cm³/mol. The molecule has 4 aromatic rings. The van der Waals surface area contributed by atoms with E-state index >= 15 is 0 Å². The first-order chi connectivity index (χ1) is 20.6. The first kappa shape index (κ1) is 34.2. The molecule has 232 valence electrons. The smallest absolute Gasteiger partial charge is 1.00 e. The zero-order valence-electron chi connectivity index (χ0n) is 28.1. The summed E-state index contributed by atoms with van der Waals surface area (Å²) >= 11 is -2.84. The average Bonchev–Trinajstić information content (AvgIpc) is 3.47. The summed E-state index contributed by atoms with van der Waals surface area (Å²) in [5.41, 5.74) is 21.1. The van der Waals surface area contributed by atoms with Gasteiger partial charge in [-0.25, -0.2) is 0 Å². The number of hydrogen-bond acceptors (Lipinski definition) is 0. The number of rotatable bonds is 6. The van der Waals surface area contributed by atoms with Crippen LogP contribution in [0.5, 0.6) is 0 Å². The minimum absolute atomic E-state index is 0. The van der Waals surface area contributed by atoms with Gasteiger partial charge in [0.1, 0.15) is 0 Å². The van der Waals surface area contributed by atoms with Crippen molar-refractivity contribution < 1.29 is 45.1 Å². The van der Waals surface area contributed by atoms with Crippen LogP contribution in [0.2, 0.25) is 8.26 Å². The van der Waals surface area contributed by atoms with Crippen LogP contribution < -0.4 is 24.8 Å². The Morgan fingerprint density at radius 3 is 1.18 bits per heavy atom. The standard InChI is InChI=1S/2C20H21.C2H4.2ClH.Zr/c2*1-13(2)17-11-19-15(4)7-10-18(20(19)12-17)16-8-5-14(3)6-9-16;1-2;;;/h2*5-13H,1-4H3;1-2H2;2*1H;/q;;;;;+2/p-2. The van der Waals surface area contributed by atoms with Crippen LogP contribution in [0.1, 0.15) is 79.5 Å². The van der Waals surface area contributed by atoms with E-state index in [0.717, 1.165) is 0 Å². The fourth-order valence-electron chi connectivity index (χ4n) is 8.50. The van der Waals surface area contributed by atoms with Gasteiger partial charge in [-0.3, -0.25) is 0 Å². The Kier molecular flexibility index (Phi) is 9.71. The van der Waals surface area contributed by atoms with E-state index in [1.165, 1.54) is 63.9 Å². The number of hydrogen-bond donors (Lipinski definition) is 0. The number of fused-ring (bicyclic) bond motifs is 2. The minimum Gasteiger partial charge on any atom is -1.00 e. The van der Waals surface area contributed by atoms with E-state index < -0.39 is 20.3 Å². The Balaban J connectivity index is 0.00000200. The van der Waals surface area contributed by atoms with Crippen LogP contribution >= 0.6 is 0 Å². The molecule has 45 heavy (non-hydrogen) atoms. The van der Waals surface area contributed by atoms with Crippen molar-refractivity contribution in [1.29, 1.82) is 0 Å². The van der Waals surface area contributed by atoms with E-state index in [0.29, 0.717) is 19.1 Å². The molecule has 0 spiro atoms. The minimum atomic E-state index is -2.84. The second-order valence-corrected chi connectivity index (χ2v) is 25.8. The van der Waals surface area contributed by atoms with E-state index in [2.05, 4.69) is 140 Å². The molecule has 0 nitrogen and oxygen atoms in total. The molecule has 1 fully saturated rings. The molecule has 2 atom stereocenters. The van der Waals surface area contributed by atoms with Crippen molar-refractivity contribution in [2.75, 3.05) is 0 Å². The molecule has 2 unspecified atom stereocenters. The first-order valence-electron chi connectivity index (χ1n) is 16.4. The van der Waals surface area contributed by atoms with Gasteiger partial charge in [0, 0.05) is 0 Å². The summed E-state index contributed by atoms with van der Waals surface area (Å²) in [7, 11) is 0. The van der Waals surface area contributed by atoms with Crippen molar-refractivity contribution in [2.45, 2.75) is 70.9 Å². The summed E-state index contributed by atoms with van der Waals surface area (Å²) in [6.07, 6.45) is 5.32. The number of aryl methyl sites for hydroxylation is 4. The Labute approximate surface area is 288 Å². The number of allylic oxidation sites excluding steroid dienone is 2. The molecular weight excluding hydrogens is 667 g/mol. The van der Waals surface area contributed by atoms with Crippen LogP contribution in [0, 0.1) is 39.5 Å². The van der Waals surface area contributed by atoms with Gasteiger partial charge >= 0.3 is 266 Å². The van der Waals surface area contributed by atoms with Gasteiger partial charge in [-0.2, -0.15) is 0 Å². The molecule has 0 aromatic heterocycles. The Morgan fingerprint density at radius 2 is 0.867 bits per heavy atom. The first-order valence-corrected chi connectivity index (χ1v) is 22.8. The third-order valence-electron chi connectivity index (χ3n) is 10.9. The molecule has 7 rings (SSSR count). The second kappa shape index (κ2) is 12.8. The quantitative estimate of drug-likeness (QED) is 0.225. The SMILES string of the molecule is Cc1ccc(-c2ccc(C)c3c2C=C(C(C)C)[CH]3[Zr+2]2([CH]3C(C(C)C)=Cc4c(-c5ccc(C)cc5)ccc(C)c43)[CH2][CH2]2)cc1.[Cl-].[Cl-]. The van der Waals surface area contributed by atoms with Crippen LogP contribution in [0.4, 0.5) is 0 Å². The van der Waals surface area contributed by atoms with E-state index in [4.69, 9.17) is 0 Å². The average molecular weight is 713 g/mol. The third kappa shape index (κ3) is 5.60. The fraction of sp³-hybridized carbons (Fsp3) is 0.333. The van der Waals surface area contributed by atoms with Crippen LogP contribution in [-0.2, 0) is 20.3 Å². The van der Waals surface area contributed by atoms with Crippen LogP contribution in [0.3, 0.4) is 0 Å². The normalized spacial score (nSPS) is 18.3. The van der Waals surface area contributed by atoms with Gasteiger partial charge < -0.3 is 24.8 Å². The van der Waals surface area contributed by atoms with Crippen molar-refractivity contribution in [3.8, 4) is 22.3 Å². The van der Waals surface area contributed by atoms with E-state index in [1.54, 1.807) is 22.3 Å². The van der Waals surface area contributed by atoms with Gasteiger partial charge in [0.05, 0.1) is 0 Å². The van der Waals surface area contributed by atoms with Gasteiger partial charge in [0.15, 0.2) is 0 Å². The van der Waals surface area contributed by atoms with Crippen molar-refractivity contribution in [2.24, 2.45) is 11.8 Å². The Hall–Kier alpha value is -2.18. The van der Waals surface area contributed by atoms with Crippen molar-refractivity contribution in [3.05, 3.63) is 128 Å². The van der Waals surface area contributed by atoms with Crippen LogP contribution in [-0.4, -0.2) is 0 Å². The molecule has 0 radical (unpaired) electrons. The van der Waals surface area contributed by atoms with Crippen molar-refractivity contribution in [1.82, 2.24) is 0 Å². The molecule has 0 bridgehead atoms. The molecule has 3 aliphatic rings.